The number of hydrogen-bond acceptors (Lipinski definition) is 4. The van der Waals surface area contributed by atoms with Crippen molar-refractivity contribution >= 4 is 17.0 Å². The van der Waals surface area contributed by atoms with E-state index in [0.29, 0.717) is 17.8 Å². The Hall–Kier alpha value is -2.05. The van der Waals surface area contributed by atoms with Gasteiger partial charge < -0.3 is 19.5 Å². The Bertz CT molecular complexity index is 771. The quantitative estimate of drug-likeness (QED) is 0.902. The first-order chi connectivity index (χ1) is 13.1. The largest absolute Gasteiger partial charge is 0.415 e. The van der Waals surface area contributed by atoms with Gasteiger partial charge in [-0.25, -0.2) is 4.79 Å². The first-order valence-corrected chi connectivity index (χ1v) is 10.1. The van der Waals surface area contributed by atoms with Crippen LogP contribution < -0.4 is 4.74 Å². The number of piperazine rings is 1. The fourth-order valence-corrected chi connectivity index (χ4v) is 4.32. The van der Waals surface area contributed by atoms with Gasteiger partial charge in [-0.2, -0.15) is 0 Å². The van der Waals surface area contributed by atoms with Crippen molar-refractivity contribution in [2.24, 2.45) is 0 Å². The maximum atomic E-state index is 12.6. The molecule has 0 atom stereocenters. The molecule has 0 spiro atoms. The third-order valence-corrected chi connectivity index (χ3v) is 6.07. The number of amides is 1. The molecule has 0 radical (unpaired) electrons. The number of likely N-dealkylation sites (tertiary alicyclic amines) is 1. The molecule has 2 aliphatic heterocycles. The van der Waals surface area contributed by atoms with Crippen LogP contribution >= 0.6 is 0 Å². The molecule has 1 N–H and O–H groups in total. The molecule has 146 valence electrons. The van der Waals surface area contributed by atoms with Crippen LogP contribution in [0.25, 0.3) is 10.9 Å². The van der Waals surface area contributed by atoms with E-state index in [-0.39, 0.29) is 6.09 Å². The van der Waals surface area contributed by atoms with Gasteiger partial charge in [0, 0.05) is 55.4 Å². The van der Waals surface area contributed by atoms with Gasteiger partial charge in [-0.05, 0) is 51.9 Å². The Labute approximate surface area is 161 Å². The normalized spacial score (nSPS) is 20.5. The summed E-state index contributed by atoms with van der Waals surface area (Å²) in [7, 11) is 0. The van der Waals surface area contributed by atoms with E-state index in [2.05, 4.69) is 28.6 Å². The number of para-hydroxylation sites is 1. The number of nitrogens with one attached hydrogen (secondary N) is 1. The van der Waals surface area contributed by atoms with Gasteiger partial charge in [0.2, 0.25) is 0 Å². The van der Waals surface area contributed by atoms with Crippen molar-refractivity contribution in [1.82, 2.24) is 19.7 Å². The maximum absolute atomic E-state index is 12.6. The number of carbonyl (C=O) groups excluding carboxylic acids is 1. The lowest BCUT2D eigenvalue weighted by Crippen LogP contribution is -2.55. The van der Waals surface area contributed by atoms with E-state index >= 15 is 0 Å². The summed E-state index contributed by atoms with van der Waals surface area (Å²) in [4.78, 5) is 22.7. The minimum atomic E-state index is -0.242. The second-order valence-corrected chi connectivity index (χ2v) is 7.95. The molecule has 1 aromatic heterocycles. The topological polar surface area (TPSA) is 51.8 Å². The Kier molecular flexibility index (Phi) is 5.36. The number of fused-ring (bicyclic) bond motifs is 1. The molecular formula is C21H30N4O2. The summed E-state index contributed by atoms with van der Waals surface area (Å²) in [5, 5.41) is 0.946. The minimum Gasteiger partial charge on any atom is -0.408 e. The van der Waals surface area contributed by atoms with E-state index in [9.17, 15) is 4.79 Å². The lowest BCUT2D eigenvalue weighted by atomic mass is 10.0. The molecular weight excluding hydrogens is 340 g/mol. The van der Waals surface area contributed by atoms with E-state index in [4.69, 9.17) is 4.74 Å². The van der Waals surface area contributed by atoms with Crippen molar-refractivity contribution in [3.8, 4) is 5.75 Å². The van der Waals surface area contributed by atoms with E-state index in [1.54, 1.807) is 6.20 Å². The van der Waals surface area contributed by atoms with Gasteiger partial charge >= 0.3 is 6.09 Å². The van der Waals surface area contributed by atoms with Crippen LogP contribution in [0.4, 0.5) is 4.79 Å². The van der Waals surface area contributed by atoms with Crippen LogP contribution in [0, 0.1) is 0 Å². The third kappa shape index (κ3) is 3.96. The van der Waals surface area contributed by atoms with Gasteiger partial charge in [-0.3, -0.25) is 4.90 Å². The standard InChI is InChI=1S/C21H30N4O2/c1-16(2)23-9-7-17(8-10-23)24-11-13-25(14-12-24)21(26)27-20-15-22-19-6-4-3-5-18(19)20/h3-6,15-17,22H,7-14H2,1-2H3. The van der Waals surface area contributed by atoms with Crippen LogP contribution in [-0.2, 0) is 0 Å². The van der Waals surface area contributed by atoms with E-state index in [0.717, 1.165) is 37.1 Å². The lowest BCUT2D eigenvalue weighted by molar-refractivity contribution is 0.0531. The molecule has 2 aliphatic rings. The second-order valence-electron chi connectivity index (χ2n) is 7.95. The number of benzene rings is 1. The average molecular weight is 370 g/mol. The van der Waals surface area contributed by atoms with Crippen LogP contribution in [0.15, 0.2) is 30.5 Å². The number of carbonyl (C=O) groups is 1. The molecule has 0 unspecified atom stereocenters. The second kappa shape index (κ2) is 7.90. The molecule has 4 rings (SSSR count). The molecule has 6 nitrogen and oxygen atoms in total. The van der Waals surface area contributed by atoms with Crippen molar-refractivity contribution in [3.63, 3.8) is 0 Å². The Morgan fingerprint density at radius 1 is 1.07 bits per heavy atom. The number of aromatic nitrogens is 1. The highest BCUT2D eigenvalue weighted by molar-refractivity contribution is 5.88. The highest BCUT2D eigenvalue weighted by atomic mass is 16.6. The number of aromatic amines is 1. The van der Waals surface area contributed by atoms with Gasteiger partial charge in [-0.1, -0.05) is 12.1 Å². The maximum Gasteiger partial charge on any atom is 0.415 e. The van der Waals surface area contributed by atoms with Gasteiger partial charge in [-0.15, -0.1) is 0 Å². The fourth-order valence-electron chi connectivity index (χ4n) is 4.32. The Balaban J connectivity index is 1.28. The smallest absolute Gasteiger partial charge is 0.408 e. The van der Waals surface area contributed by atoms with Crippen LogP contribution in [0.5, 0.6) is 5.75 Å². The summed E-state index contributed by atoms with van der Waals surface area (Å²) < 4.78 is 5.66. The molecule has 27 heavy (non-hydrogen) atoms. The van der Waals surface area contributed by atoms with Crippen LogP contribution in [0.1, 0.15) is 26.7 Å². The van der Waals surface area contributed by atoms with Gasteiger partial charge in [0.15, 0.2) is 5.75 Å². The number of rotatable bonds is 3. The van der Waals surface area contributed by atoms with Gasteiger partial charge in [0.25, 0.3) is 0 Å². The highest BCUT2D eigenvalue weighted by Crippen LogP contribution is 2.26. The summed E-state index contributed by atoms with van der Waals surface area (Å²) >= 11 is 0. The third-order valence-electron chi connectivity index (χ3n) is 6.07. The number of piperidine rings is 1. The molecule has 1 aromatic carbocycles. The zero-order chi connectivity index (χ0) is 18.8. The summed E-state index contributed by atoms with van der Waals surface area (Å²) in [5.41, 5.74) is 0.984. The van der Waals surface area contributed by atoms with Crippen LogP contribution in [0.3, 0.4) is 0 Å². The van der Waals surface area contributed by atoms with E-state index in [1.165, 1.54) is 25.9 Å². The van der Waals surface area contributed by atoms with E-state index < -0.39 is 0 Å². The fraction of sp³-hybridized carbons (Fsp3) is 0.571. The van der Waals surface area contributed by atoms with Crippen molar-refractivity contribution in [3.05, 3.63) is 30.5 Å². The summed E-state index contributed by atoms with van der Waals surface area (Å²) in [5.74, 6) is 0.610. The summed E-state index contributed by atoms with van der Waals surface area (Å²) in [6.07, 6.45) is 3.99. The number of H-pyrrole nitrogens is 1. The van der Waals surface area contributed by atoms with Gasteiger partial charge in [0.1, 0.15) is 0 Å². The van der Waals surface area contributed by atoms with Crippen molar-refractivity contribution in [2.75, 3.05) is 39.3 Å². The number of hydrogen-bond donors (Lipinski definition) is 1. The molecule has 6 heteroatoms. The first-order valence-electron chi connectivity index (χ1n) is 10.1. The predicted molar refractivity (Wildman–Crippen MR) is 107 cm³/mol. The molecule has 0 aliphatic carbocycles. The highest BCUT2D eigenvalue weighted by Gasteiger charge is 2.30. The van der Waals surface area contributed by atoms with Crippen LogP contribution in [-0.4, -0.2) is 77.1 Å². The predicted octanol–water partition coefficient (Wildman–Crippen LogP) is 3.16. The summed E-state index contributed by atoms with van der Waals surface area (Å²) in [6, 6.07) is 9.17. The molecule has 2 fully saturated rings. The van der Waals surface area contributed by atoms with Gasteiger partial charge in [0.05, 0.1) is 0 Å². The molecule has 0 saturated carbocycles. The van der Waals surface area contributed by atoms with Crippen molar-refractivity contribution in [2.45, 2.75) is 38.8 Å². The van der Waals surface area contributed by atoms with Crippen LogP contribution in [0.2, 0.25) is 0 Å². The Morgan fingerprint density at radius 3 is 2.48 bits per heavy atom. The lowest BCUT2D eigenvalue weighted by Gasteiger charge is -2.43. The Morgan fingerprint density at radius 2 is 1.78 bits per heavy atom. The van der Waals surface area contributed by atoms with E-state index in [1.807, 2.05) is 29.2 Å². The zero-order valence-corrected chi connectivity index (χ0v) is 16.4. The minimum absolute atomic E-state index is 0.242. The van der Waals surface area contributed by atoms with Crippen molar-refractivity contribution in [1.29, 1.82) is 0 Å². The SMILES string of the molecule is CC(C)N1CCC(N2CCN(C(=O)Oc3c[nH]c4ccccc34)CC2)CC1. The number of ether oxygens (including phenoxy) is 1. The summed E-state index contributed by atoms with van der Waals surface area (Å²) in [6.45, 7) is 10.3. The first kappa shape index (κ1) is 18.3. The molecule has 2 aromatic rings. The zero-order valence-electron chi connectivity index (χ0n) is 16.4. The average Bonchev–Trinajstić information content (AvgIpc) is 3.11. The molecule has 0 bridgehead atoms. The molecule has 1 amide bonds. The monoisotopic (exact) mass is 370 g/mol. The number of nitrogens with zero attached hydrogens (tertiary/aromatic N) is 3. The molecule has 2 saturated heterocycles. The molecule has 3 heterocycles. The van der Waals surface area contributed by atoms with Crippen molar-refractivity contribution < 1.29 is 9.53 Å².